The molecule has 2 amide bonds. The quantitative estimate of drug-likeness (QED) is 0.599. The summed E-state index contributed by atoms with van der Waals surface area (Å²) in [6, 6.07) is 11.4. The van der Waals surface area contributed by atoms with Crippen LogP contribution in [0.25, 0.3) is 0 Å². The third-order valence-corrected chi connectivity index (χ3v) is 4.05. The Bertz CT molecular complexity index is 897. The average Bonchev–Trinajstić information content (AvgIpc) is 2.59. The first-order valence-electron chi connectivity index (χ1n) is 8.14. The van der Waals surface area contributed by atoms with Gasteiger partial charge in [0.25, 0.3) is 5.91 Å². The fourth-order valence-electron chi connectivity index (χ4n) is 2.21. The molecular formula is C18H20FN3O4S. The summed E-state index contributed by atoms with van der Waals surface area (Å²) in [6.45, 7) is 0.306. The molecule has 0 aromatic heterocycles. The van der Waals surface area contributed by atoms with E-state index in [1.165, 1.54) is 24.3 Å². The number of anilines is 2. The Balaban J connectivity index is 1.71. The lowest BCUT2D eigenvalue weighted by Crippen LogP contribution is -2.25. The molecule has 0 aliphatic rings. The van der Waals surface area contributed by atoms with Crippen molar-refractivity contribution in [2.24, 2.45) is 0 Å². The number of amides is 2. The summed E-state index contributed by atoms with van der Waals surface area (Å²) in [7, 11) is -3.35. The van der Waals surface area contributed by atoms with Gasteiger partial charge in [-0.05, 0) is 55.0 Å². The summed E-state index contributed by atoms with van der Waals surface area (Å²) in [5.41, 5.74) is 1.29. The molecule has 2 rings (SSSR count). The Morgan fingerprint density at radius 2 is 1.56 bits per heavy atom. The number of nitrogens with one attached hydrogen (secondary N) is 3. The molecule has 2 aromatic rings. The van der Waals surface area contributed by atoms with Crippen LogP contribution in [0.2, 0.25) is 0 Å². The van der Waals surface area contributed by atoms with Gasteiger partial charge in [-0.1, -0.05) is 0 Å². The molecule has 0 saturated carbocycles. The lowest BCUT2D eigenvalue weighted by Gasteiger charge is -2.08. The van der Waals surface area contributed by atoms with Crippen molar-refractivity contribution in [3.8, 4) is 0 Å². The highest BCUT2D eigenvalue weighted by Gasteiger charge is 2.07. The predicted molar refractivity (Wildman–Crippen MR) is 102 cm³/mol. The summed E-state index contributed by atoms with van der Waals surface area (Å²) < 4.78 is 37.4. The van der Waals surface area contributed by atoms with Gasteiger partial charge in [0, 0.05) is 29.9 Å². The number of halogens is 1. The molecule has 7 nitrogen and oxygen atoms in total. The van der Waals surface area contributed by atoms with Crippen LogP contribution in [-0.2, 0) is 14.8 Å². The smallest absolute Gasteiger partial charge is 0.251 e. The zero-order chi connectivity index (χ0) is 19.9. The maximum Gasteiger partial charge on any atom is 0.251 e. The van der Waals surface area contributed by atoms with Crippen LogP contribution in [0.4, 0.5) is 15.8 Å². The number of sulfonamides is 1. The Morgan fingerprint density at radius 3 is 2.15 bits per heavy atom. The Kier molecular flexibility index (Phi) is 6.89. The number of hydrogen-bond acceptors (Lipinski definition) is 4. The molecule has 27 heavy (non-hydrogen) atoms. The minimum atomic E-state index is -3.35. The van der Waals surface area contributed by atoms with E-state index in [1.54, 1.807) is 24.3 Å². The zero-order valence-corrected chi connectivity index (χ0v) is 15.5. The number of hydrogen-bond donors (Lipinski definition) is 3. The molecule has 0 saturated heterocycles. The molecule has 0 atom stereocenters. The van der Waals surface area contributed by atoms with Crippen molar-refractivity contribution in [3.05, 3.63) is 59.9 Å². The third kappa shape index (κ3) is 7.45. The van der Waals surface area contributed by atoms with Gasteiger partial charge < -0.3 is 10.6 Å². The van der Waals surface area contributed by atoms with Crippen molar-refractivity contribution < 1.29 is 22.4 Å². The van der Waals surface area contributed by atoms with E-state index in [0.29, 0.717) is 29.9 Å². The highest BCUT2D eigenvalue weighted by atomic mass is 32.2. The number of carbonyl (C=O) groups excluding carboxylic acids is 2. The van der Waals surface area contributed by atoms with E-state index in [-0.39, 0.29) is 18.2 Å². The summed E-state index contributed by atoms with van der Waals surface area (Å²) in [6.07, 6.45) is 1.69. The summed E-state index contributed by atoms with van der Waals surface area (Å²) in [4.78, 5) is 23.7. The van der Waals surface area contributed by atoms with E-state index >= 15 is 0 Å². The average molecular weight is 393 g/mol. The summed E-state index contributed by atoms with van der Waals surface area (Å²) >= 11 is 0. The van der Waals surface area contributed by atoms with E-state index in [2.05, 4.69) is 15.4 Å². The second-order valence-electron chi connectivity index (χ2n) is 5.87. The molecule has 0 bridgehead atoms. The maximum absolute atomic E-state index is 12.8. The van der Waals surface area contributed by atoms with Crippen LogP contribution >= 0.6 is 0 Å². The topological polar surface area (TPSA) is 104 Å². The Labute approximate surface area is 157 Å². The summed E-state index contributed by atoms with van der Waals surface area (Å²) in [5.74, 6) is -0.970. The SMILES string of the molecule is CS(=O)(=O)Nc1ccc(NC(=O)CCCNC(=O)c2ccc(F)cc2)cc1. The van der Waals surface area contributed by atoms with Gasteiger partial charge >= 0.3 is 0 Å². The van der Waals surface area contributed by atoms with E-state index in [1.807, 2.05) is 0 Å². The second kappa shape index (κ2) is 9.13. The van der Waals surface area contributed by atoms with Crippen LogP contribution in [0.15, 0.2) is 48.5 Å². The van der Waals surface area contributed by atoms with Crippen LogP contribution in [0.5, 0.6) is 0 Å². The Morgan fingerprint density at radius 1 is 0.963 bits per heavy atom. The van der Waals surface area contributed by atoms with Gasteiger partial charge in [-0.15, -0.1) is 0 Å². The fourth-order valence-corrected chi connectivity index (χ4v) is 2.78. The molecule has 0 aliphatic carbocycles. The van der Waals surface area contributed by atoms with Gasteiger partial charge in [0.1, 0.15) is 5.82 Å². The molecule has 144 valence electrons. The van der Waals surface area contributed by atoms with Crippen LogP contribution in [0.3, 0.4) is 0 Å². The monoisotopic (exact) mass is 393 g/mol. The number of benzene rings is 2. The first kappa shape index (κ1) is 20.4. The molecule has 0 unspecified atom stereocenters. The van der Waals surface area contributed by atoms with Gasteiger partial charge in [0.05, 0.1) is 6.26 Å². The van der Waals surface area contributed by atoms with Crippen LogP contribution in [0, 0.1) is 5.82 Å². The fraction of sp³-hybridized carbons (Fsp3) is 0.222. The standard InChI is InChI=1S/C18H20FN3O4S/c1-27(25,26)22-16-10-8-15(9-11-16)21-17(23)3-2-12-20-18(24)13-4-6-14(19)7-5-13/h4-11,22H,2-3,12H2,1H3,(H,20,24)(H,21,23). The lowest BCUT2D eigenvalue weighted by molar-refractivity contribution is -0.116. The molecule has 0 radical (unpaired) electrons. The van der Waals surface area contributed by atoms with Crippen molar-refractivity contribution >= 4 is 33.2 Å². The molecule has 0 aliphatic heterocycles. The minimum Gasteiger partial charge on any atom is -0.352 e. The van der Waals surface area contributed by atoms with Gasteiger partial charge in [-0.2, -0.15) is 0 Å². The summed E-state index contributed by atoms with van der Waals surface area (Å²) in [5, 5.41) is 5.35. The van der Waals surface area contributed by atoms with Crippen molar-refractivity contribution in [1.82, 2.24) is 5.32 Å². The largest absolute Gasteiger partial charge is 0.352 e. The van der Waals surface area contributed by atoms with Crippen LogP contribution in [0.1, 0.15) is 23.2 Å². The van der Waals surface area contributed by atoms with Gasteiger partial charge in [0.15, 0.2) is 0 Å². The molecule has 0 heterocycles. The van der Waals surface area contributed by atoms with E-state index in [4.69, 9.17) is 0 Å². The number of rotatable bonds is 8. The predicted octanol–water partition coefficient (Wildman–Crippen LogP) is 2.35. The van der Waals surface area contributed by atoms with E-state index in [9.17, 15) is 22.4 Å². The van der Waals surface area contributed by atoms with Gasteiger partial charge in [0.2, 0.25) is 15.9 Å². The zero-order valence-electron chi connectivity index (χ0n) is 14.7. The third-order valence-electron chi connectivity index (χ3n) is 3.44. The molecule has 0 fully saturated rings. The molecule has 0 spiro atoms. The highest BCUT2D eigenvalue weighted by molar-refractivity contribution is 7.92. The molecule has 2 aromatic carbocycles. The molecular weight excluding hydrogens is 373 g/mol. The molecule has 3 N–H and O–H groups in total. The van der Waals surface area contributed by atoms with Crippen LogP contribution in [-0.4, -0.2) is 33.0 Å². The van der Waals surface area contributed by atoms with Crippen molar-refractivity contribution in [1.29, 1.82) is 0 Å². The normalized spacial score (nSPS) is 10.9. The minimum absolute atomic E-state index is 0.201. The highest BCUT2D eigenvalue weighted by Crippen LogP contribution is 2.14. The van der Waals surface area contributed by atoms with Crippen molar-refractivity contribution in [3.63, 3.8) is 0 Å². The van der Waals surface area contributed by atoms with Gasteiger partial charge in [-0.25, -0.2) is 12.8 Å². The van der Waals surface area contributed by atoms with Crippen LogP contribution < -0.4 is 15.4 Å². The first-order chi connectivity index (χ1) is 12.7. The first-order valence-corrected chi connectivity index (χ1v) is 10.0. The van der Waals surface area contributed by atoms with Crippen molar-refractivity contribution in [2.75, 3.05) is 22.8 Å². The maximum atomic E-state index is 12.8. The van der Waals surface area contributed by atoms with E-state index < -0.39 is 15.8 Å². The van der Waals surface area contributed by atoms with Gasteiger partial charge in [-0.3, -0.25) is 14.3 Å². The van der Waals surface area contributed by atoms with E-state index in [0.717, 1.165) is 6.26 Å². The van der Waals surface area contributed by atoms with Crippen molar-refractivity contribution in [2.45, 2.75) is 12.8 Å². The second-order valence-corrected chi connectivity index (χ2v) is 7.61. The molecule has 9 heteroatoms. The lowest BCUT2D eigenvalue weighted by atomic mass is 10.2. The number of carbonyl (C=O) groups is 2. The Hall–Kier alpha value is -2.94.